The van der Waals surface area contributed by atoms with Gasteiger partial charge in [0.2, 0.25) is 5.91 Å². The molecule has 1 aromatic carbocycles. The number of carbonyl (C=O) groups is 2. The highest BCUT2D eigenvalue weighted by atomic mass is 32.1. The highest BCUT2D eigenvalue weighted by Gasteiger charge is 2.31. The number of amides is 2. The topological polar surface area (TPSA) is 43.9 Å². The van der Waals surface area contributed by atoms with E-state index in [9.17, 15) is 9.59 Å². The summed E-state index contributed by atoms with van der Waals surface area (Å²) < 4.78 is 0. The first-order valence-corrected chi connectivity index (χ1v) is 11.2. The smallest absolute Gasteiger partial charge is 0.263 e. The second kappa shape index (κ2) is 8.67. The molecule has 2 amide bonds. The van der Waals surface area contributed by atoms with E-state index in [1.165, 1.54) is 16.0 Å². The number of benzene rings is 1. The summed E-state index contributed by atoms with van der Waals surface area (Å²) in [7, 11) is 3.57. The van der Waals surface area contributed by atoms with Crippen LogP contribution in [0, 0.1) is 5.92 Å². The molecule has 1 aromatic heterocycles. The molecule has 0 unspecified atom stereocenters. The van der Waals surface area contributed by atoms with Gasteiger partial charge in [-0.2, -0.15) is 0 Å². The van der Waals surface area contributed by atoms with E-state index in [1.54, 1.807) is 30.3 Å². The predicted octanol–water partition coefficient (Wildman–Crippen LogP) is 2.90. The molecule has 1 fully saturated rings. The minimum atomic E-state index is 0.0556. The molecule has 0 bridgehead atoms. The van der Waals surface area contributed by atoms with Crippen molar-refractivity contribution in [3.8, 4) is 0 Å². The molecule has 1 atom stereocenters. The maximum atomic E-state index is 13.1. The number of hydrogen-bond donors (Lipinski definition) is 0. The Labute approximate surface area is 176 Å². The summed E-state index contributed by atoms with van der Waals surface area (Å²) in [6, 6.07) is 12.5. The number of fused-ring (bicyclic) bond motifs is 1. The molecule has 29 heavy (non-hydrogen) atoms. The van der Waals surface area contributed by atoms with Crippen LogP contribution < -0.4 is 0 Å². The van der Waals surface area contributed by atoms with Crippen LogP contribution in [0.1, 0.15) is 32.1 Å². The molecule has 0 saturated carbocycles. The normalized spacial score (nSPS) is 19.7. The Bertz CT molecular complexity index is 870. The number of thiophene rings is 1. The number of rotatable bonds is 4. The van der Waals surface area contributed by atoms with E-state index in [2.05, 4.69) is 34.1 Å². The summed E-state index contributed by atoms with van der Waals surface area (Å²) in [5, 5.41) is 0. The molecule has 6 heteroatoms. The zero-order valence-corrected chi connectivity index (χ0v) is 18.1. The fourth-order valence-corrected chi connectivity index (χ4v) is 5.52. The maximum absolute atomic E-state index is 13.1. The van der Waals surface area contributed by atoms with Gasteiger partial charge in [0.15, 0.2) is 0 Å². The van der Waals surface area contributed by atoms with E-state index in [1.807, 2.05) is 12.1 Å². The molecule has 5 nitrogen and oxygen atoms in total. The van der Waals surface area contributed by atoms with Crippen molar-refractivity contribution >= 4 is 23.2 Å². The van der Waals surface area contributed by atoms with Gasteiger partial charge in [-0.3, -0.25) is 14.5 Å². The molecule has 0 N–H and O–H groups in total. The maximum Gasteiger partial charge on any atom is 0.263 e. The molecule has 1 saturated heterocycles. The minimum Gasteiger partial charge on any atom is -0.344 e. The number of aryl methyl sites for hydroxylation is 1. The summed E-state index contributed by atoms with van der Waals surface area (Å²) in [5.41, 5.74) is 2.53. The first-order chi connectivity index (χ1) is 14.0. The average Bonchev–Trinajstić information content (AvgIpc) is 3.17. The Morgan fingerprint density at radius 3 is 2.52 bits per heavy atom. The van der Waals surface area contributed by atoms with Crippen molar-refractivity contribution in [1.29, 1.82) is 0 Å². The van der Waals surface area contributed by atoms with Crippen molar-refractivity contribution in [1.82, 2.24) is 14.7 Å². The predicted molar refractivity (Wildman–Crippen MR) is 116 cm³/mol. The molecule has 2 aliphatic rings. The fraction of sp³-hybridized carbons (Fsp3) is 0.478. The van der Waals surface area contributed by atoms with Crippen LogP contribution in [0.4, 0.5) is 0 Å². The van der Waals surface area contributed by atoms with Crippen LogP contribution in [0.3, 0.4) is 0 Å². The molecule has 2 aromatic rings. The van der Waals surface area contributed by atoms with Gasteiger partial charge in [0.25, 0.3) is 5.91 Å². The van der Waals surface area contributed by atoms with Crippen molar-refractivity contribution < 1.29 is 9.59 Å². The summed E-state index contributed by atoms with van der Waals surface area (Å²) in [4.78, 5) is 33.5. The van der Waals surface area contributed by atoms with Crippen molar-refractivity contribution in [3.05, 3.63) is 57.3 Å². The Balaban J connectivity index is 1.32. The van der Waals surface area contributed by atoms with E-state index in [4.69, 9.17) is 0 Å². The molecule has 0 spiro atoms. The lowest BCUT2D eigenvalue weighted by Gasteiger charge is -2.37. The largest absolute Gasteiger partial charge is 0.344 e. The molecule has 2 heterocycles. The molecule has 4 rings (SSSR count). The number of nitrogens with zero attached hydrogens (tertiary/aromatic N) is 3. The SMILES string of the molecule is CN(C)C(=O)c1cc2c(s1)CC[C@@H](C(=O)N1CCN(Cc3ccccc3)CC1)C2. The second-order valence-electron chi connectivity index (χ2n) is 8.29. The van der Waals surface area contributed by atoms with Crippen LogP contribution in [0.2, 0.25) is 0 Å². The average molecular weight is 412 g/mol. The van der Waals surface area contributed by atoms with Crippen LogP contribution in [-0.4, -0.2) is 66.8 Å². The quantitative estimate of drug-likeness (QED) is 0.777. The molecular formula is C23H29N3O2S. The summed E-state index contributed by atoms with van der Waals surface area (Å²) in [6.07, 6.45) is 2.58. The van der Waals surface area contributed by atoms with Crippen LogP contribution in [-0.2, 0) is 24.2 Å². The van der Waals surface area contributed by atoms with Gasteiger partial charge in [-0.25, -0.2) is 0 Å². The fourth-order valence-electron chi connectivity index (χ4n) is 4.29. The third-order valence-electron chi connectivity index (χ3n) is 5.98. The number of piperazine rings is 1. The minimum absolute atomic E-state index is 0.0556. The Kier molecular flexibility index (Phi) is 6.01. The first kappa shape index (κ1) is 20.1. The van der Waals surface area contributed by atoms with Crippen molar-refractivity contribution in [2.75, 3.05) is 40.3 Å². The zero-order chi connectivity index (χ0) is 20.4. The Morgan fingerprint density at radius 2 is 1.83 bits per heavy atom. The van der Waals surface area contributed by atoms with E-state index in [-0.39, 0.29) is 11.8 Å². The van der Waals surface area contributed by atoms with Crippen LogP contribution >= 0.6 is 11.3 Å². The van der Waals surface area contributed by atoms with Crippen molar-refractivity contribution in [2.45, 2.75) is 25.8 Å². The molecule has 1 aliphatic heterocycles. The van der Waals surface area contributed by atoms with Crippen LogP contribution in [0.15, 0.2) is 36.4 Å². The molecule has 1 aliphatic carbocycles. The second-order valence-corrected chi connectivity index (χ2v) is 9.42. The van der Waals surface area contributed by atoms with E-state index in [0.717, 1.165) is 56.9 Å². The molecule has 0 radical (unpaired) electrons. The van der Waals surface area contributed by atoms with Crippen molar-refractivity contribution in [3.63, 3.8) is 0 Å². The molecular weight excluding hydrogens is 382 g/mol. The van der Waals surface area contributed by atoms with Crippen LogP contribution in [0.25, 0.3) is 0 Å². The van der Waals surface area contributed by atoms with Gasteiger partial charge in [0.1, 0.15) is 0 Å². The van der Waals surface area contributed by atoms with Crippen molar-refractivity contribution in [2.24, 2.45) is 5.92 Å². The standard InChI is InChI=1S/C23H29N3O2S/c1-24(2)23(28)21-15-19-14-18(8-9-20(19)29-21)22(27)26-12-10-25(11-13-26)16-17-6-4-3-5-7-17/h3-7,15,18H,8-14,16H2,1-2H3/t18-/m1/s1. The van der Waals surface area contributed by atoms with Crippen LogP contribution in [0.5, 0.6) is 0 Å². The van der Waals surface area contributed by atoms with Gasteiger partial charge in [0, 0.05) is 57.6 Å². The lowest BCUT2D eigenvalue weighted by molar-refractivity contribution is -0.137. The van der Waals surface area contributed by atoms with Gasteiger partial charge in [0.05, 0.1) is 4.88 Å². The lowest BCUT2D eigenvalue weighted by atomic mass is 9.87. The number of carbonyl (C=O) groups excluding carboxylic acids is 2. The van der Waals surface area contributed by atoms with Gasteiger partial charge in [-0.1, -0.05) is 30.3 Å². The zero-order valence-electron chi connectivity index (χ0n) is 17.3. The monoisotopic (exact) mass is 411 g/mol. The highest BCUT2D eigenvalue weighted by Crippen LogP contribution is 2.33. The first-order valence-electron chi connectivity index (χ1n) is 10.4. The van der Waals surface area contributed by atoms with Gasteiger partial charge >= 0.3 is 0 Å². The Morgan fingerprint density at radius 1 is 1.10 bits per heavy atom. The molecule has 154 valence electrons. The summed E-state index contributed by atoms with van der Waals surface area (Å²) in [5.74, 6) is 0.406. The van der Waals surface area contributed by atoms with E-state index < -0.39 is 0 Å². The Hall–Kier alpha value is -2.18. The third kappa shape index (κ3) is 4.54. The summed E-state index contributed by atoms with van der Waals surface area (Å²) >= 11 is 1.60. The van der Waals surface area contributed by atoms with E-state index in [0.29, 0.717) is 5.91 Å². The van der Waals surface area contributed by atoms with E-state index >= 15 is 0 Å². The van der Waals surface area contributed by atoms with Gasteiger partial charge < -0.3 is 9.80 Å². The van der Waals surface area contributed by atoms with Gasteiger partial charge in [-0.05, 0) is 36.5 Å². The lowest BCUT2D eigenvalue weighted by Crippen LogP contribution is -2.50. The third-order valence-corrected chi connectivity index (χ3v) is 7.21. The highest BCUT2D eigenvalue weighted by molar-refractivity contribution is 7.14. The van der Waals surface area contributed by atoms with Gasteiger partial charge in [-0.15, -0.1) is 11.3 Å². The summed E-state index contributed by atoms with van der Waals surface area (Å²) in [6.45, 7) is 4.43. The number of hydrogen-bond acceptors (Lipinski definition) is 4.